The SMILES string of the molecule is CCC(C)(C)c1ccc(C(N)CCCCC(=O)O)cc1. The van der Waals surface area contributed by atoms with Gasteiger partial charge in [0.15, 0.2) is 0 Å². The van der Waals surface area contributed by atoms with Gasteiger partial charge >= 0.3 is 5.97 Å². The molecule has 1 rings (SSSR count). The zero-order chi connectivity index (χ0) is 15.2. The van der Waals surface area contributed by atoms with Crippen LogP contribution in [0.15, 0.2) is 24.3 Å². The number of aliphatic carboxylic acids is 1. The average molecular weight is 277 g/mol. The van der Waals surface area contributed by atoms with Crippen molar-refractivity contribution in [2.45, 2.75) is 64.3 Å². The standard InChI is InChI=1S/C17H27NO2/c1-4-17(2,3)14-11-9-13(10-12-14)15(18)7-5-6-8-16(19)20/h9-12,15H,4-8,18H2,1-3H3,(H,19,20). The highest BCUT2D eigenvalue weighted by Gasteiger charge is 2.18. The van der Waals surface area contributed by atoms with E-state index >= 15 is 0 Å². The lowest BCUT2D eigenvalue weighted by atomic mass is 9.81. The normalized spacial score (nSPS) is 13.2. The summed E-state index contributed by atoms with van der Waals surface area (Å²) >= 11 is 0. The van der Waals surface area contributed by atoms with Crippen LogP contribution < -0.4 is 5.73 Å². The minimum absolute atomic E-state index is 0.00239. The number of benzene rings is 1. The van der Waals surface area contributed by atoms with Crippen molar-refractivity contribution in [1.29, 1.82) is 0 Å². The topological polar surface area (TPSA) is 63.3 Å². The van der Waals surface area contributed by atoms with Gasteiger partial charge in [-0.05, 0) is 35.8 Å². The van der Waals surface area contributed by atoms with Gasteiger partial charge in [-0.15, -0.1) is 0 Å². The molecule has 3 heteroatoms. The van der Waals surface area contributed by atoms with E-state index in [-0.39, 0.29) is 17.9 Å². The quantitative estimate of drug-likeness (QED) is 0.705. The first-order valence-electron chi connectivity index (χ1n) is 7.44. The second-order valence-corrected chi connectivity index (χ2v) is 6.11. The summed E-state index contributed by atoms with van der Waals surface area (Å²) in [4.78, 5) is 10.4. The van der Waals surface area contributed by atoms with E-state index in [1.54, 1.807) is 0 Å². The van der Waals surface area contributed by atoms with Crippen LogP contribution in [0, 0.1) is 0 Å². The number of carboxylic acids is 1. The van der Waals surface area contributed by atoms with Crippen molar-refractivity contribution in [2.24, 2.45) is 5.73 Å². The van der Waals surface area contributed by atoms with Crippen LogP contribution in [-0.4, -0.2) is 11.1 Å². The van der Waals surface area contributed by atoms with Crippen molar-refractivity contribution in [2.75, 3.05) is 0 Å². The highest BCUT2D eigenvalue weighted by atomic mass is 16.4. The molecular weight excluding hydrogens is 250 g/mol. The van der Waals surface area contributed by atoms with Gasteiger partial charge in [0, 0.05) is 12.5 Å². The van der Waals surface area contributed by atoms with Crippen LogP contribution in [0.25, 0.3) is 0 Å². The van der Waals surface area contributed by atoms with Gasteiger partial charge in [-0.25, -0.2) is 0 Å². The van der Waals surface area contributed by atoms with E-state index in [2.05, 4.69) is 45.0 Å². The summed E-state index contributed by atoms with van der Waals surface area (Å²) < 4.78 is 0. The third-order valence-electron chi connectivity index (χ3n) is 4.16. The van der Waals surface area contributed by atoms with Crippen molar-refractivity contribution < 1.29 is 9.90 Å². The number of rotatable bonds is 8. The molecule has 1 unspecified atom stereocenters. The molecule has 1 aromatic rings. The maximum absolute atomic E-state index is 10.4. The number of nitrogens with two attached hydrogens (primary N) is 1. The maximum atomic E-state index is 10.4. The smallest absolute Gasteiger partial charge is 0.303 e. The zero-order valence-electron chi connectivity index (χ0n) is 12.9. The molecule has 20 heavy (non-hydrogen) atoms. The van der Waals surface area contributed by atoms with Crippen molar-refractivity contribution >= 4 is 5.97 Å². The van der Waals surface area contributed by atoms with Crippen molar-refractivity contribution in [3.05, 3.63) is 35.4 Å². The number of carboxylic acid groups (broad SMARTS) is 1. The predicted octanol–water partition coefficient (Wildman–Crippen LogP) is 4.02. The summed E-state index contributed by atoms with van der Waals surface area (Å²) in [5, 5.41) is 8.59. The van der Waals surface area contributed by atoms with Gasteiger partial charge in [0.05, 0.1) is 0 Å². The highest BCUT2D eigenvalue weighted by Crippen LogP contribution is 2.28. The molecule has 0 aliphatic carbocycles. The van der Waals surface area contributed by atoms with Crippen molar-refractivity contribution in [1.82, 2.24) is 0 Å². The second kappa shape index (κ2) is 7.44. The number of unbranched alkanes of at least 4 members (excludes halogenated alkanes) is 1. The van der Waals surface area contributed by atoms with Gasteiger partial charge in [0.25, 0.3) is 0 Å². The lowest BCUT2D eigenvalue weighted by molar-refractivity contribution is -0.137. The molecule has 0 aliphatic rings. The predicted molar refractivity (Wildman–Crippen MR) is 82.8 cm³/mol. The lowest BCUT2D eigenvalue weighted by Gasteiger charge is -2.24. The van der Waals surface area contributed by atoms with Crippen LogP contribution in [0.2, 0.25) is 0 Å². The summed E-state index contributed by atoms with van der Waals surface area (Å²) in [6, 6.07) is 8.54. The molecule has 0 aromatic heterocycles. The van der Waals surface area contributed by atoms with E-state index < -0.39 is 5.97 Å². The molecule has 0 amide bonds. The number of carbonyl (C=O) groups is 1. The first kappa shape index (κ1) is 16.7. The summed E-state index contributed by atoms with van der Waals surface area (Å²) in [5.41, 5.74) is 8.82. The van der Waals surface area contributed by atoms with E-state index in [9.17, 15) is 4.79 Å². The first-order valence-corrected chi connectivity index (χ1v) is 7.44. The Labute approximate surface area is 122 Å². The average Bonchev–Trinajstić information content (AvgIpc) is 2.43. The van der Waals surface area contributed by atoms with Gasteiger partial charge in [-0.3, -0.25) is 4.79 Å². The number of hydrogen-bond donors (Lipinski definition) is 2. The highest BCUT2D eigenvalue weighted by molar-refractivity contribution is 5.66. The monoisotopic (exact) mass is 277 g/mol. The minimum Gasteiger partial charge on any atom is -0.481 e. The van der Waals surface area contributed by atoms with E-state index in [0.717, 1.165) is 24.8 Å². The Bertz CT molecular complexity index is 423. The van der Waals surface area contributed by atoms with Gasteiger partial charge in [0.2, 0.25) is 0 Å². The van der Waals surface area contributed by atoms with E-state index in [4.69, 9.17) is 10.8 Å². The molecule has 0 radical (unpaired) electrons. The first-order chi connectivity index (χ1) is 9.36. The molecule has 0 saturated carbocycles. The van der Waals surface area contributed by atoms with E-state index in [0.29, 0.717) is 6.42 Å². The molecule has 3 N–H and O–H groups in total. The molecule has 0 bridgehead atoms. The van der Waals surface area contributed by atoms with Crippen molar-refractivity contribution in [3.8, 4) is 0 Å². The Morgan fingerprint density at radius 2 is 1.85 bits per heavy atom. The van der Waals surface area contributed by atoms with Gasteiger partial charge < -0.3 is 10.8 Å². The maximum Gasteiger partial charge on any atom is 0.303 e. The van der Waals surface area contributed by atoms with E-state index in [1.807, 2.05) is 0 Å². The van der Waals surface area contributed by atoms with Crippen LogP contribution >= 0.6 is 0 Å². The fourth-order valence-corrected chi connectivity index (χ4v) is 2.19. The molecule has 0 fully saturated rings. The molecule has 3 nitrogen and oxygen atoms in total. The molecule has 0 heterocycles. The molecule has 0 spiro atoms. The van der Waals surface area contributed by atoms with Crippen LogP contribution in [0.3, 0.4) is 0 Å². The third-order valence-corrected chi connectivity index (χ3v) is 4.16. The Morgan fingerprint density at radius 3 is 2.35 bits per heavy atom. The molecule has 0 saturated heterocycles. The van der Waals surface area contributed by atoms with Crippen LogP contribution in [0.1, 0.15) is 70.0 Å². The molecule has 0 aliphatic heterocycles. The molecule has 1 aromatic carbocycles. The summed E-state index contributed by atoms with van der Waals surface area (Å²) in [5.74, 6) is -0.732. The fraction of sp³-hybridized carbons (Fsp3) is 0.588. The Hall–Kier alpha value is -1.35. The van der Waals surface area contributed by atoms with Crippen LogP contribution in [-0.2, 0) is 10.2 Å². The summed E-state index contributed by atoms with van der Waals surface area (Å²) in [6.45, 7) is 6.68. The minimum atomic E-state index is -0.732. The van der Waals surface area contributed by atoms with Gasteiger partial charge in [0.1, 0.15) is 0 Å². The zero-order valence-corrected chi connectivity index (χ0v) is 12.9. The van der Waals surface area contributed by atoms with Gasteiger partial charge in [-0.2, -0.15) is 0 Å². The molecular formula is C17H27NO2. The summed E-state index contributed by atoms with van der Waals surface area (Å²) in [6.07, 6.45) is 3.73. The van der Waals surface area contributed by atoms with Crippen LogP contribution in [0.5, 0.6) is 0 Å². The van der Waals surface area contributed by atoms with Gasteiger partial charge in [-0.1, -0.05) is 51.5 Å². The lowest BCUT2D eigenvalue weighted by Crippen LogP contribution is -2.16. The summed E-state index contributed by atoms with van der Waals surface area (Å²) in [7, 11) is 0. The van der Waals surface area contributed by atoms with E-state index in [1.165, 1.54) is 5.56 Å². The second-order valence-electron chi connectivity index (χ2n) is 6.11. The third kappa shape index (κ3) is 4.97. The number of hydrogen-bond acceptors (Lipinski definition) is 2. The Balaban J connectivity index is 2.53. The Kier molecular flexibility index (Phi) is 6.21. The van der Waals surface area contributed by atoms with Crippen molar-refractivity contribution in [3.63, 3.8) is 0 Å². The molecule has 112 valence electrons. The largest absolute Gasteiger partial charge is 0.481 e. The Morgan fingerprint density at radius 1 is 1.25 bits per heavy atom. The fourth-order valence-electron chi connectivity index (χ4n) is 2.19. The van der Waals surface area contributed by atoms with Crippen LogP contribution in [0.4, 0.5) is 0 Å². The molecule has 1 atom stereocenters.